The van der Waals surface area contributed by atoms with Crippen LogP contribution in [0, 0.1) is 18.7 Å². The number of aromatic nitrogens is 1. The third kappa shape index (κ3) is 3.49. The highest BCUT2D eigenvalue weighted by atomic mass is 19.1. The first-order chi connectivity index (χ1) is 12.6. The monoisotopic (exact) mass is 353 g/mol. The molecule has 3 saturated heterocycles. The van der Waals surface area contributed by atoms with Crippen LogP contribution in [0.4, 0.5) is 4.39 Å². The van der Waals surface area contributed by atoms with E-state index < -0.39 is 0 Å². The van der Waals surface area contributed by atoms with Crippen LogP contribution in [0.5, 0.6) is 0 Å². The van der Waals surface area contributed by atoms with Crippen LogP contribution in [0.2, 0.25) is 0 Å². The molecule has 1 amide bonds. The maximum atomic E-state index is 13.7. The predicted octanol–water partition coefficient (Wildman–Crippen LogP) is 2.96. The second-order valence-corrected chi connectivity index (χ2v) is 7.52. The Labute approximate surface area is 153 Å². The van der Waals surface area contributed by atoms with Gasteiger partial charge in [-0.15, -0.1) is 0 Å². The van der Waals surface area contributed by atoms with Gasteiger partial charge in [0, 0.05) is 30.0 Å². The number of aryl methyl sites for hydroxylation is 1. The summed E-state index contributed by atoms with van der Waals surface area (Å²) in [4.78, 5) is 19.5. The van der Waals surface area contributed by atoms with E-state index in [1.54, 1.807) is 19.2 Å². The Hall–Kier alpha value is -2.27. The largest absolute Gasteiger partial charge is 0.347 e. The lowest BCUT2D eigenvalue weighted by Gasteiger charge is -2.51. The van der Waals surface area contributed by atoms with Crippen molar-refractivity contribution >= 4 is 5.91 Å². The molecule has 2 bridgehead atoms. The Bertz CT molecular complexity index is 767. The second kappa shape index (κ2) is 7.16. The molecule has 0 aliphatic carbocycles. The molecule has 0 unspecified atom stereocenters. The summed E-state index contributed by atoms with van der Waals surface area (Å²) in [5.41, 5.74) is 2.35. The summed E-state index contributed by atoms with van der Waals surface area (Å²) in [6.07, 6.45) is 6.77. The molecule has 136 valence electrons. The summed E-state index contributed by atoms with van der Waals surface area (Å²) < 4.78 is 13.7. The van der Waals surface area contributed by atoms with Gasteiger partial charge in [0.1, 0.15) is 5.82 Å². The third-order valence-electron chi connectivity index (χ3n) is 5.74. The lowest BCUT2D eigenvalue weighted by atomic mass is 9.76. The minimum atomic E-state index is -0.365. The summed E-state index contributed by atoms with van der Waals surface area (Å²) in [6, 6.07) is 8.91. The van der Waals surface area contributed by atoms with Gasteiger partial charge >= 0.3 is 0 Å². The van der Waals surface area contributed by atoms with Crippen LogP contribution in [0.25, 0.3) is 0 Å². The predicted molar refractivity (Wildman–Crippen MR) is 98.4 cm³/mol. The van der Waals surface area contributed by atoms with Gasteiger partial charge < -0.3 is 5.32 Å². The smallest absolute Gasteiger partial charge is 0.251 e. The molecule has 5 rings (SSSR count). The number of benzene rings is 1. The fourth-order valence-electron chi connectivity index (χ4n) is 4.48. The van der Waals surface area contributed by atoms with Crippen molar-refractivity contribution < 1.29 is 9.18 Å². The van der Waals surface area contributed by atoms with Gasteiger partial charge in [0.05, 0.1) is 0 Å². The average molecular weight is 353 g/mol. The molecule has 1 aromatic heterocycles. The molecule has 5 heteroatoms. The minimum Gasteiger partial charge on any atom is -0.347 e. The maximum Gasteiger partial charge on any atom is 0.251 e. The van der Waals surface area contributed by atoms with Gasteiger partial charge in [-0.2, -0.15) is 0 Å². The minimum absolute atomic E-state index is 0.0915. The van der Waals surface area contributed by atoms with E-state index >= 15 is 0 Å². The standard InChI is InChI=1S/C21H24FN3O/c1-14-9-17(12-18(22)10-14)21(26)24-20-16-4-7-25(8-5-16)19(20)11-15-3-2-6-23-13-15/h2-3,6,9-10,12-13,16,19-20H,4-5,7-8,11H2,1H3,(H,24,26)/t19-,20+/m0/s1. The molecule has 1 aromatic carbocycles. The number of piperidine rings is 3. The van der Waals surface area contributed by atoms with Crippen LogP contribution < -0.4 is 5.32 Å². The molecule has 3 aliphatic heterocycles. The van der Waals surface area contributed by atoms with Crippen molar-refractivity contribution in [3.63, 3.8) is 0 Å². The number of nitrogens with zero attached hydrogens (tertiary/aromatic N) is 2. The summed E-state index contributed by atoms with van der Waals surface area (Å²) in [5.74, 6) is -0.0567. The Morgan fingerprint density at radius 3 is 2.81 bits per heavy atom. The molecule has 3 aliphatic rings. The topological polar surface area (TPSA) is 45.2 Å². The van der Waals surface area contributed by atoms with Crippen LogP contribution in [-0.2, 0) is 6.42 Å². The number of amides is 1. The quantitative estimate of drug-likeness (QED) is 0.919. The first-order valence-electron chi connectivity index (χ1n) is 9.31. The van der Waals surface area contributed by atoms with E-state index in [2.05, 4.69) is 21.3 Å². The first kappa shape index (κ1) is 17.2. The summed E-state index contributed by atoms with van der Waals surface area (Å²) >= 11 is 0. The molecule has 3 fully saturated rings. The number of pyridine rings is 1. The van der Waals surface area contributed by atoms with Gasteiger partial charge in [0.25, 0.3) is 5.91 Å². The van der Waals surface area contributed by atoms with Gasteiger partial charge in [0.2, 0.25) is 0 Å². The van der Waals surface area contributed by atoms with Crippen molar-refractivity contribution in [1.29, 1.82) is 0 Å². The number of hydrogen-bond acceptors (Lipinski definition) is 3. The number of halogens is 1. The van der Waals surface area contributed by atoms with Gasteiger partial charge in [-0.25, -0.2) is 4.39 Å². The SMILES string of the molecule is Cc1cc(F)cc(C(=O)N[C@@H]2C3CCN(CC3)[C@H]2Cc2cccnc2)c1. The Balaban J connectivity index is 1.55. The van der Waals surface area contributed by atoms with Crippen molar-refractivity contribution in [3.8, 4) is 0 Å². The molecule has 0 radical (unpaired) electrons. The van der Waals surface area contributed by atoms with Crippen molar-refractivity contribution in [1.82, 2.24) is 15.2 Å². The molecule has 0 saturated carbocycles. The lowest BCUT2D eigenvalue weighted by Crippen LogP contribution is -2.64. The summed E-state index contributed by atoms with van der Waals surface area (Å²) in [6.45, 7) is 3.97. The van der Waals surface area contributed by atoms with E-state index in [-0.39, 0.29) is 23.8 Å². The lowest BCUT2D eigenvalue weighted by molar-refractivity contribution is 0.0136. The Morgan fingerprint density at radius 2 is 2.12 bits per heavy atom. The van der Waals surface area contributed by atoms with Gasteiger partial charge in [-0.1, -0.05) is 6.07 Å². The van der Waals surface area contributed by atoms with E-state index in [9.17, 15) is 9.18 Å². The number of rotatable bonds is 4. The first-order valence-corrected chi connectivity index (χ1v) is 9.31. The second-order valence-electron chi connectivity index (χ2n) is 7.52. The molecule has 4 heterocycles. The highest BCUT2D eigenvalue weighted by molar-refractivity contribution is 5.94. The van der Waals surface area contributed by atoms with E-state index in [1.807, 2.05) is 12.3 Å². The maximum absolute atomic E-state index is 13.7. The zero-order valence-electron chi connectivity index (χ0n) is 15.0. The summed E-state index contributed by atoms with van der Waals surface area (Å²) in [7, 11) is 0. The highest BCUT2D eigenvalue weighted by Gasteiger charge is 2.42. The molecule has 2 atom stereocenters. The molecule has 4 nitrogen and oxygen atoms in total. The van der Waals surface area contributed by atoms with Crippen LogP contribution in [-0.4, -0.2) is 41.0 Å². The zero-order chi connectivity index (χ0) is 18.1. The Kier molecular flexibility index (Phi) is 4.72. The van der Waals surface area contributed by atoms with Gasteiger partial charge in [-0.3, -0.25) is 14.7 Å². The van der Waals surface area contributed by atoms with E-state index in [4.69, 9.17) is 0 Å². The Morgan fingerprint density at radius 1 is 1.31 bits per heavy atom. The number of carbonyl (C=O) groups excluding carboxylic acids is 1. The molecule has 0 spiro atoms. The number of carbonyl (C=O) groups is 1. The number of nitrogens with one attached hydrogen (secondary N) is 1. The third-order valence-corrected chi connectivity index (χ3v) is 5.74. The average Bonchev–Trinajstić information content (AvgIpc) is 2.64. The highest BCUT2D eigenvalue weighted by Crippen LogP contribution is 2.34. The van der Waals surface area contributed by atoms with Crippen molar-refractivity contribution in [2.75, 3.05) is 13.1 Å². The number of fused-ring (bicyclic) bond motifs is 3. The molecule has 1 N–H and O–H groups in total. The van der Waals surface area contributed by atoms with Crippen LogP contribution in [0.1, 0.15) is 34.3 Å². The fraction of sp³-hybridized carbons (Fsp3) is 0.429. The van der Waals surface area contributed by atoms with Crippen molar-refractivity contribution in [2.45, 2.75) is 38.3 Å². The normalized spacial score (nSPS) is 27.3. The van der Waals surface area contributed by atoms with Gasteiger partial charge in [0.15, 0.2) is 0 Å². The molecular formula is C21H24FN3O. The van der Waals surface area contributed by atoms with Crippen LogP contribution in [0.3, 0.4) is 0 Å². The van der Waals surface area contributed by atoms with Crippen LogP contribution >= 0.6 is 0 Å². The molecule has 2 aromatic rings. The number of hydrogen-bond donors (Lipinski definition) is 1. The zero-order valence-corrected chi connectivity index (χ0v) is 15.0. The van der Waals surface area contributed by atoms with E-state index in [0.29, 0.717) is 11.5 Å². The molecular weight excluding hydrogens is 329 g/mol. The van der Waals surface area contributed by atoms with Gasteiger partial charge in [-0.05, 0) is 80.6 Å². The van der Waals surface area contributed by atoms with E-state index in [0.717, 1.165) is 37.9 Å². The van der Waals surface area contributed by atoms with Crippen molar-refractivity contribution in [3.05, 3.63) is 65.2 Å². The van der Waals surface area contributed by atoms with E-state index in [1.165, 1.54) is 17.7 Å². The van der Waals surface area contributed by atoms with Crippen molar-refractivity contribution in [2.24, 2.45) is 5.92 Å². The van der Waals surface area contributed by atoms with Crippen LogP contribution in [0.15, 0.2) is 42.7 Å². The summed E-state index contributed by atoms with van der Waals surface area (Å²) in [5, 5.41) is 3.22. The molecule has 26 heavy (non-hydrogen) atoms. The fourth-order valence-corrected chi connectivity index (χ4v) is 4.48.